The van der Waals surface area contributed by atoms with Gasteiger partial charge in [0.2, 0.25) is 5.91 Å². The molecule has 0 saturated carbocycles. The van der Waals surface area contributed by atoms with E-state index in [1.54, 1.807) is 20.8 Å². The van der Waals surface area contributed by atoms with Gasteiger partial charge >= 0.3 is 5.97 Å². The van der Waals surface area contributed by atoms with Gasteiger partial charge in [0.1, 0.15) is 11.8 Å². The molecule has 0 radical (unpaired) electrons. The number of aromatic carboxylic acids is 1. The van der Waals surface area contributed by atoms with Crippen molar-refractivity contribution in [1.29, 1.82) is 0 Å². The van der Waals surface area contributed by atoms with Crippen LogP contribution in [0.15, 0.2) is 36.4 Å². The lowest BCUT2D eigenvalue weighted by Gasteiger charge is -2.41. The van der Waals surface area contributed by atoms with E-state index in [1.165, 1.54) is 23.1 Å². The molecule has 1 heterocycles. The molecule has 158 valence electrons. The topological polar surface area (TPSA) is 95.9 Å². The van der Waals surface area contributed by atoms with E-state index in [2.05, 4.69) is 5.32 Å². The normalized spacial score (nSPS) is 15.8. The Morgan fingerprint density at radius 2 is 1.93 bits per heavy atom. The number of benzene rings is 2. The van der Waals surface area contributed by atoms with Crippen LogP contribution < -0.4 is 15.0 Å². The lowest BCUT2D eigenvalue weighted by molar-refractivity contribution is -0.134. The van der Waals surface area contributed by atoms with Gasteiger partial charge in [-0.05, 0) is 63.4 Å². The highest BCUT2D eigenvalue weighted by Gasteiger charge is 2.44. The summed E-state index contributed by atoms with van der Waals surface area (Å²) in [7, 11) is 0. The van der Waals surface area contributed by atoms with E-state index in [1.807, 2.05) is 32.0 Å². The molecule has 30 heavy (non-hydrogen) atoms. The van der Waals surface area contributed by atoms with Crippen LogP contribution in [-0.2, 0) is 16.0 Å². The monoisotopic (exact) mass is 410 g/mol. The largest absolute Gasteiger partial charge is 0.478 e. The Hall–Kier alpha value is -3.35. The molecule has 0 bridgehead atoms. The lowest BCUT2D eigenvalue weighted by atomic mass is 10.00. The Labute approximate surface area is 175 Å². The standard InChI is InChI=1S/C23H26N2O5/c1-6-15-9-7-8-13(2)19(15)24-20(26)14(3)25-17-11-10-16(21(27)28)12-18(17)30-23(4,5)22(25)29/h7-12,14H,6H2,1-5H3,(H,24,26)(H,27,28). The Morgan fingerprint density at radius 3 is 2.57 bits per heavy atom. The average molecular weight is 410 g/mol. The fourth-order valence-corrected chi connectivity index (χ4v) is 3.58. The van der Waals surface area contributed by atoms with Crippen molar-refractivity contribution < 1.29 is 24.2 Å². The number of nitrogens with one attached hydrogen (secondary N) is 1. The molecule has 2 aromatic carbocycles. The van der Waals surface area contributed by atoms with Crippen molar-refractivity contribution in [2.45, 2.75) is 52.7 Å². The van der Waals surface area contributed by atoms with Gasteiger partial charge < -0.3 is 15.2 Å². The molecule has 0 aliphatic carbocycles. The molecule has 2 amide bonds. The van der Waals surface area contributed by atoms with E-state index in [9.17, 15) is 19.5 Å². The molecule has 1 aliphatic rings. The minimum atomic E-state index is -1.24. The van der Waals surface area contributed by atoms with E-state index in [0.717, 1.165) is 23.2 Å². The summed E-state index contributed by atoms with van der Waals surface area (Å²) in [5.41, 5.74) is 1.87. The highest BCUT2D eigenvalue weighted by molar-refractivity contribution is 6.10. The maximum absolute atomic E-state index is 13.1. The Morgan fingerprint density at radius 1 is 1.23 bits per heavy atom. The number of rotatable bonds is 5. The second-order valence-electron chi connectivity index (χ2n) is 7.90. The summed E-state index contributed by atoms with van der Waals surface area (Å²) in [5.74, 6) is -1.55. The van der Waals surface area contributed by atoms with Crippen molar-refractivity contribution in [3.8, 4) is 5.75 Å². The molecule has 0 spiro atoms. The third-order valence-electron chi connectivity index (χ3n) is 5.32. The Balaban J connectivity index is 1.99. The average Bonchev–Trinajstić information content (AvgIpc) is 2.69. The maximum atomic E-state index is 13.1. The van der Waals surface area contributed by atoms with Gasteiger partial charge in [0, 0.05) is 5.69 Å². The molecule has 0 saturated heterocycles. The first-order valence-electron chi connectivity index (χ1n) is 9.86. The highest BCUT2D eigenvalue weighted by Crippen LogP contribution is 2.39. The van der Waals surface area contributed by atoms with Gasteiger partial charge in [0.05, 0.1) is 11.3 Å². The van der Waals surface area contributed by atoms with Crippen LogP contribution in [0.1, 0.15) is 49.2 Å². The summed E-state index contributed by atoms with van der Waals surface area (Å²) in [6, 6.07) is 9.26. The number of anilines is 2. The van der Waals surface area contributed by atoms with Gasteiger partial charge in [0.15, 0.2) is 5.60 Å². The zero-order valence-corrected chi connectivity index (χ0v) is 17.8. The van der Waals surface area contributed by atoms with Crippen molar-refractivity contribution >= 4 is 29.2 Å². The summed E-state index contributed by atoms with van der Waals surface area (Å²) in [6.45, 7) is 8.77. The molecule has 1 atom stereocenters. The lowest BCUT2D eigenvalue weighted by Crippen LogP contribution is -2.58. The number of para-hydroxylation sites is 1. The van der Waals surface area contributed by atoms with E-state index < -0.39 is 17.6 Å². The second kappa shape index (κ2) is 7.82. The van der Waals surface area contributed by atoms with Crippen molar-refractivity contribution in [2.75, 3.05) is 10.2 Å². The van der Waals surface area contributed by atoms with Gasteiger partial charge in [-0.1, -0.05) is 25.1 Å². The number of hydrogen-bond donors (Lipinski definition) is 2. The molecule has 0 aromatic heterocycles. The quantitative estimate of drug-likeness (QED) is 0.782. The summed E-state index contributed by atoms with van der Waals surface area (Å²) in [4.78, 5) is 39.0. The Kier molecular flexibility index (Phi) is 5.57. The van der Waals surface area contributed by atoms with Gasteiger partial charge in [-0.3, -0.25) is 14.5 Å². The van der Waals surface area contributed by atoms with E-state index >= 15 is 0 Å². The molecule has 7 heteroatoms. The van der Waals surface area contributed by atoms with Gasteiger partial charge in [-0.15, -0.1) is 0 Å². The predicted octanol–water partition coefficient (Wildman–Crippen LogP) is 3.79. The minimum absolute atomic E-state index is 0.0449. The van der Waals surface area contributed by atoms with Crippen LogP contribution in [0.25, 0.3) is 0 Å². The third-order valence-corrected chi connectivity index (χ3v) is 5.32. The zero-order valence-electron chi connectivity index (χ0n) is 17.8. The number of ether oxygens (including phenoxy) is 1. The number of hydrogen-bond acceptors (Lipinski definition) is 4. The fraction of sp³-hybridized carbons (Fsp3) is 0.348. The number of nitrogens with zero attached hydrogens (tertiary/aromatic N) is 1. The van der Waals surface area contributed by atoms with Crippen LogP contribution in [0.2, 0.25) is 0 Å². The minimum Gasteiger partial charge on any atom is -0.478 e. The molecule has 7 nitrogen and oxygen atoms in total. The van der Waals surface area contributed by atoms with Crippen molar-refractivity contribution in [3.63, 3.8) is 0 Å². The molecule has 1 aliphatic heterocycles. The number of carbonyl (C=O) groups is 3. The van der Waals surface area contributed by atoms with E-state index in [-0.39, 0.29) is 23.1 Å². The van der Waals surface area contributed by atoms with Gasteiger partial charge in [-0.25, -0.2) is 4.79 Å². The molecule has 0 fully saturated rings. The smallest absolute Gasteiger partial charge is 0.335 e. The first-order chi connectivity index (χ1) is 14.1. The first kappa shape index (κ1) is 21.4. The van der Waals surface area contributed by atoms with Crippen LogP contribution >= 0.6 is 0 Å². The van der Waals surface area contributed by atoms with Gasteiger partial charge in [-0.2, -0.15) is 0 Å². The molecule has 1 unspecified atom stereocenters. The van der Waals surface area contributed by atoms with Crippen LogP contribution in [-0.4, -0.2) is 34.5 Å². The number of amides is 2. The molecule has 2 N–H and O–H groups in total. The number of carboxylic acids is 1. The SMILES string of the molecule is CCc1cccc(C)c1NC(=O)C(C)N1C(=O)C(C)(C)Oc2cc(C(=O)O)ccc21. The second-order valence-corrected chi connectivity index (χ2v) is 7.90. The number of aryl methyl sites for hydroxylation is 2. The number of fused-ring (bicyclic) bond motifs is 1. The maximum Gasteiger partial charge on any atom is 0.335 e. The number of carbonyl (C=O) groups excluding carboxylic acids is 2. The van der Waals surface area contributed by atoms with Crippen LogP contribution in [0.5, 0.6) is 5.75 Å². The summed E-state index contributed by atoms with van der Waals surface area (Å²) in [5, 5.41) is 12.2. The van der Waals surface area contributed by atoms with Crippen molar-refractivity contribution in [1.82, 2.24) is 0 Å². The van der Waals surface area contributed by atoms with Gasteiger partial charge in [0.25, 0.3) is 5.91 Å². The van der Waals surface area contributed by atoms with Crippen LogP contribution in [0, 0.1) is 6.92 Å². The van der Waals surface area contributed by atoms with Crippen molar-refractivity contribution in [2.24, 2.45) is 0 Å². The van der Waals surface area contributed by atoms with Crippen LogP contribution in [0.3, 0.4) is 0 Å². The Bertz CT molecular complexity index is 1030. The van der Waals surface area contributed by atoms with Crippen LogP contribution in [0.4, 0.5) is 11.4 Å². The molecule has 3 rings (SSSR count). The van der Waals surface area contributed by atoms with Crippen molar-refractivity contribution in [3.05, 3.63) is 53.1 Å². The zero-order chi connectivity index (χ0) is 22.2. The molecule has 2 aromatic rings. The fourth-order valence-electron chi connectivity index (χ4n) is 3.58. The third kappa shape index (κ3) is 3.75. The molecular formula is C23H26N2O5. The first-order valence-corrected chi connectivity index (χ1v) is 9.86. The van der Waals surface area contributed by atoms with E-state index in [4.69, 9.17) is 4.74 Å². The number of carboxylic acid groups (broad SMARTS) is 1. The molecular weight excluding hydrogens is 384 g/mol. The van der Waals surface area contributed by atoms with E-state index in [0.29, 0.717) is 5.69 Å². The highest BCUT2D eigenvalue weighted by atomic mass is 16.5. The summed E-state index contributed by atoms with van der Waals surface area (Å²) in [6.07, 6.45) is 0.760. The predicted molar refractivity (Wildman–Crippen MR) is 114 cm³/mol. The summed E-state index contributed by atoms with van der Waals surface area (Å²) >= 11 is 0. The summed E-state index contributed by atoms with van der Waals surface area (Å²) < 4.78 is 5.77.